The molecular weight excluding hydrogens is 248 g/mol. The van der Waals surface area contributed by atoms with Crippen LogP contribution in [0.25, 0.3) is 0 Å². The quantitative estimate of drug-likeness (QED) is 0.763. The van der Waals surface area contributed by atoms with Gasteiger partial charge < -0.3 is 11.1 Å². The molecule has 2 atom stereocenters. The third-order valence-electron chi connectivity index (χ3n) is 5.91. The summed E-state index contributed by atoms with van der Waals surface area (Å²) in [5.74, 6) is 1.93. The highest BCUT2D eigenvalue weighted by Gasteiger charge is 2.40. The zero-order valence-electron chi connectivity index (χ0n) is 12.7. The van der Waals surface area contributed by atoms with Crippen LogP contribution in [0.3, 0.4) is 0 Å². The van der Waals surface area contributed by atoms with E-state index in [1.54, 1.807) is 0 Å². The van der Waals surface area contributed by atoms with E-state index in [-0.39, 0.29) is 5.92 Å². The molecule has 0 aromatic heterocycles. The second kappa shape index (κ2) is 6.46. The topological polar surface area (TPSA) is 55.1 Å². The average molecular weight is 278 g/mol. The Hall–Kier alpha value is -0.570. The van der Waals surface area contributed by atoms with E-state index in [4.69, 9.17) is 5.73 Å². The molecule has 3 fully saturated rings. The van der Waals surface area contributed by atoms with Gasteiger partial charge in [0, 0.05) is 18.0 Å². The SMILES string of the molecule is NC1CC2CCCC(C1)C2NC(=O)C1CCCCCC1. The highest BCUT2D eigenvalue weighted by Crippen LogP contribution is 2.40. The summed E-state index contributed by atoms with van der Waals surface area (Å²) in [5, 5.41) is 3.44. The summed E-state index contributed by atoms with van der Waals surface area (Å²) in [6, 6.07) is 0.802. The molecule has 3 nitrogen and oxygen atoms in total. The van der Waals surface area contributed by atoms with E-state index >= 15 is 0 Å². The number of hydrogen-bond acceptors (Lipinski definition) is 2. The van der Waals surface area contributed by atoms with Crippen molar-refractivity contribution in [3.8, 4) is 0 Å². The highest BCUT2D eigenvalue weighted by atomic mass is 16.1. The first kappa shape index (κ1) is 14.4. The molecule has 0 aromatic carbocycles. The normalized spacial score (nSPS) is 39.0. The molecule has 0 aliphatic heterocycles. The molecule has 0 radical (unpaired) electrons. The molecule has 2 bridgehead atoms. The minimum atomic E-state index is 0.286. The zero-order valence-corrected chi connectivity index (χ0v) is 12.7. The van der Waals surface area contributed by atoms with Crippen LogP contribution in [0, 0.1) is 17.8 Å². The molecule has 3 rings (SSSR count). The Morgan fingerprint density at radius 2 is 1.45 bits per heavy atom. The number of hydrogen-bond donors (Lipinski definition) is 2. The summed E-state index contributed by atoms with van der Waals surface area (Å²) in [4.78, 5) is 12.6. The van der Waals surface area contributed by atoms with Crippen LogP contribution in [0.1, 0.15) is 70.6 Å². The summed E-state index contributed by atoms with van der Waals surface area (Å²) in [6.07, 6.45) is 13.4. The van der Waals surface area contributed by atoms with E-state index in [9.17, 15) is 4.79 Å². The van der Waals surface area contributed by atoms with Gasteiger partial charge in [-0.2, -0.15) is 0 Å². The Labute approximate surface area is 123 Å². The predicted molar refractivity (Wildman–Crippen MR) is 81.2 cm³/mol. The van der Waals surface area contributed by atoms with Crippen LogP contribution in [-0.2, 0) is 4.79 Å². The van der Waals surface area contributed by atoms with Gasteiger partial charge in [-0.15, -0.1) is 0 Å². The molecule has 20 heavy (non-hydrogen) atoms. The first-order chi connectivity index (χ1) is 9.74. The van der Waals surface area contributed by atoms with E-state index in [0.29, 0.717) is 29.8 Å². The lowest BCUT2D eigenvalue weighted by Crippen LogP contribution is -2.54. The fourth-order valence-electron chi connectivity index (χ4n) is 4.85. The monoisotopic (exact) mass is 278 g/mol. The molecule has 0 saturated heterocycles. The van der Waals surface area contributed by atoms with Crippen LogP contribution in [0.15, 0.2) is 0 Å². The van der Waals surface area contributed by atoms with Crippen LogP contribution >= 0.6 is 0 Å². The second-order valence-electron chi connectivity index (χ2n) is 7.41. The maximum atomic E-state index is 12.6. The lowest BCUT2D eigenvalue weighted by atomic mass is 9.67. The van der Waals surface area contributed by atoms with Crippen molar-refractivity contribution in [3.05, 3.63) is 0 Å². The van der Waals surface area contributed by atoms with Crippen LogP contribution in [0.4, 0.5) is 0 Å². The maximum absolute atomic E-state index is 12.6. The summed E-state index contributed by atoms with van der Waals surface area (Å²) in [5.41, 5.74) is 6.17. The van der Waals surface area contributed by atoms with Gasteiger partial charge in [-0.05, 0) is 50.4 Å². The number of carbonyl (C=O) groups excluding carboxylic acids is 1. The van der Waals surface area contributed by atoms with Gasteiger partial charge in [0.1, 0.15) is 0 Å². The highest BCUT2D eigenvalue weighted by molar-refractivity contribution is 5.79. The number of amides is 1. The number of nitrogens with one attached hydrogen (secondary N) is 1. The Morgan fingerprint density at radius 3 is 2.05 bits per heavy atom. The van der Waals surface area contributed by atoms with Gasteiger partial charge in [0.05, 0.1) is 0 Å². The van der Waals surface area contributed by atoms with Crippen LogP contribution in [-0.4, -0.2) is 18.0 Å². The predicted octanol–water partition coefficient (Wildman–Crippen LogP) is 2.98. The second-order valence-corrected chi connectivity index (χ2v) is 7.41. The fraction of sp³-hybridized carbons (Fsp3) is 0.941. The van der Waals surface area contributed by atoms with Gasteiger partial charge in [-0.25, -0.2) is 0 Å². The standard InChI is InChI=1S/C17H30N2O/c18-15-10-13-8-5-9-14(11-15)16(13)19-17(20)12-6-3-1-2-4-7-12/h12-16H,1-11,18H2,(H,19,20). The number of nitrogens with two attached hydrogens (primary N) is 1. The van der Waals surface area contributed by atoms with Crippen molar-refractivity contribution < 1.29 is 4.79 Å². The zero-order chi connectivity index (χ0) is 13.9. The molecule has 2 unspecified atom stereocenters. The Balaban J connectivity index is 1.60. The molecular formula is C17H30N2O. The molecule has 114 valence electrons. The molecule has 3 N–H and O–H groups in total. The lowest BCUT2D eigenvalue weighted by molar-refractivity contribution is -0.127. The van der Waals surface area contributed by atoms with Gasteiger partial charge in [0.25, 0.3) is 0 Å². The molecule has 0 aromatic rings. The fourth-order valence-corrected chi connectivity index (χ4v) is 4.85. The lowest BCUT2D eigenvalue weighted by Gasteiger charge is -2.45. The Morgan fingerprint density at radius 1 is 0.850 bits per heavy atom. The largest absolute Gasteiger partial charge is 0.353 e. The van der Waals surface area contributed by atoms with E-state index in [1.807, 2.05) is 0 Å². The Kier molecular flexibility index (Phi) is 4.65. The van der Waals surface area contributed by atoms with Crippen molar-refractivity contribution in [3.63, 3.8) is 0 Å². The van der Waals surface area contributed by atoms with Crippen molar-refractivity contribution in [1.29, 1.82) is 0 Å². The molecule has 1 amide bonds. The van der Waals surface area contributed by atoms with Crippen molar-refractivity contribution in [2.75, 3.05) is 0 Å². The minimum absolute atomic E-state index is 0.286. The van der Waals surface area contributed by atoms with E-state index < -0.39 is 0 Å². The van der Waals surface area contributed by atoms with Gasteiger partial charge in [-0.1, -0.05) is 32.1 Å². The number of carbonyl (C=O) groups is 1. The van der Waals surface area contributed by atoms with E-state index in [1.165, 1.54) is 44.9 Å². The summed E-state index contributed by atoms with van der Waals surface area (Å²) in [6.45, 7) is 0. The van der Waals surface area contributed by atoms with Crippen molar-refractivity contribution in [2.45, 2.75) is 82.7 Å². The van der Waals surface area contributed by atoms with Crippen molar-refractivity contribution in [1.82, 2.24) is 5.32 Å². The van der Waals surface area contributed by atoms with E-state index in [0.717, 1.165) is 25.7 Å². The number of fused-ring (bicyclic) bond motifs is 2. The molecule has 3 aliphatic carbocycles. The Bertz CT molecular complexity index is 322. The smallest absolute Gasteiger partial charge is 0.223 e. The average Bonchev–Trinajstić information content (AvgIpc) is 2.68. The minimum Gasteiger partial charge on any atom is -0.353 e. The summed E-state index contributed by atoms with van der Waals surface area (Å²) in [7, 11) is 0. The first-order valence-electron chi connectivity index (χ1n) is 8.80. The summed E-state index contributed by atoms with van der Waals surface area (Å²) >= 11 is 0. The van der Waals surface area contributed by atoms with Crippen LogP contribution < -0.4 is 11.1 Å². The van der Waals surface area contributed by atoms with Crippen LogP contribution in [0.2, 0.25) is 0 Å². The molecule has 0 heterocycles. The van der Waals surface area contributed by atoms with E-state index in [2.05, 4.69) is 5.32 Å². The van der Waals surface area contributed by atoms with Gasteiger partial charge in [0.15, 0.2) is 0 Å². The van der Waals surface area contributed by atoms with Gasteiger partial charge in [0.2, 0.25) is 5.91 Å². The molecule has 0 spiro atoms. The van der Waals surface area contributed by atoms with Gasteiger partial charge >= 0.3 is 0 Å². The summed E-state index contributed by atoms with van der Waals surface area (Å²) < 4.78 is 0. The maximum Gasteiger partial charge on any atom is 0.223 e. The molecule has 3 saturated carbocycles. The van der Waals surface area contributed by atoms with Crippen LogP contribution in [0.5, 0.6) is 0 Å². The molecule has 3 heteroatoms. The third kappa shape index (κ3) is 3.19. The van der Waals surface area contributed by atoms with Crippen molar-refractivity contribution in [2.24, 2.45) is 23.5 Å². The first-order valence-corrected chi connectivity index (χ1v) is 8.80. The van der Waals surface area contributed by atoms with Gasteiger partial charge in [-0.3, -0.25) is 4.79 Å². The third-order valence-corrected chi connectivity index (χ3v) is 5.91. The molecule has 3 aliphatic rings. The number of rotatable bonds is 2. The van der Waals surface area contributed by atoms with Crippen molar-refractivity contribution >= 4 is 5.91 Å².